The van der Waals surface area contributed by atoms with Crippen LogP contribution in [0.2, 0.25) is 0 Å². The molecule has 120 valence electrons. The Morgan fingerprint density at radius 1 is 1.38 bits per heavy atom. The topological polar surface area (TPSA) is 123 Å². The lowest BCUT2D eigenvalue weighted by atomic mass is 10.2. The Labute approximate surface area is 136 Å². The van der Waals surface area contributed by atoms with Gasteiger partial charge in [0.15, 0.2) is 11.2 Å². The molecule has 0 radical (unpaired) electrons. The molecule has 0 bridgehead atoms. The number of hydrogen-bond acceptors (Lipinski definition) is 6. The van der Waals surface area contributed by atoms with E-state index in [1.807, 2.05) is 19.1 Å². The fourth-order valence-corrected chi connectivity index (χ4v) is 2.51. The smallest absolute Gasteiger partial charge is 0.304 e. The number of oxazole rings is 1. The normalized spacial score (nSPS) is 11.2. The predicted molar refractivity (Wildman–Crippen MR) is 88.5 cm³/mol. The Morgan fingerprint density at radius 3 is 3.08 bits per heavy atom. The summed E-state index contributed by atoms with van der Waals surface area (Å²) in [5.41, 5.74) is 9.86. The van der Waals surface area contributed by atoms with Crippen molar-refractivity contribution in [1.29, 1.82) is 0 Å². The van der Waals surface area contributed by atoms with E-state index < -0.39 is 5.91 Å². The summed E-state index contributed by atoms with van der Waals surface area (Å²) in [6, 6.07) is 7.46. The second kappa shape index (κ2) is 5.34. The van der Waals surface area contributed by atoms with Crippen LogP contribution in [0.5, 0.6) is 0 Å². The van der Waals surface area contributed by atoms with Crippen molar-refractivity contribution in [1.82, 2.24) is 20.2 Å². The first-order valence-electron chi connectivity index (χ1n) is 7.34. The molecule has 3 aromatic heterocycles. The summed E-state index contributed by atoms with van der Waals surface area (Å²) in [6.07, 6.45) is 1.79. The van der Waals surface area contributed by atoms with Gasteiger partial charge in [-0.15, -0.1) is 0 Å². The number of carbonyl (C=O) groups excluding carboxylic acids is 1. The number of pyridine rings is 1. The zero-order valence-corrected chi connectivity index (χ0v) is 12.8. The molecule has 0 unspecified atom stereocenters. The average molecular weight is 322 g/mol. The molecule has 4 N–H and O–H groups in total. The third-order valence-corrected chi connectivity index (χ3v) is 3.75. The van der Waals surface area contributed by atoms with E-state index in [0.29, 0.717) is 23.3 Å². The zero-order chi connectivity index (χ0) is 16.7. The molecular formula is C16H14N6O2. The summed E-state index contributed by atoms with van der Waals surface area (Å²) in [6.45, 7) is 2.56. The summed E-state index contributed by atoms with van der Waals surface area (Å²) >= 11 is 0. The number of nitrogens with zero attached hydrogens (tertiary/aromatic N) is 3. The lowest BCUT2D eigenvalue weighted by Crippen LogP contribution is -2.10. The van der Waals surface area contributed by atoms with Crippen molar-refractivity contribution < 1.29 is 9.21 Å². The fraction of sp³-hybridized carbons (Fsp3) is 0.125. The summed E-state index contributed by atoms with van der Waals surface area (Å²) in [5.74, 6) is -0.775. The van der Waals surface area contributed by atoms with Crippen LogP contribution in [-0.4, -0.2) is 26.1 Å². The zero-order valence-electron chi connectivity index (χ0n) is 12.8. The third kappa shape index (κ3) is 2.43. The van der Waals surface area contributed by atoms with E-state index in [9.17, 15) is 4.79 Å². The number of rotatable bonds is 4. The molecule has 0 aliphatic heterocycles. The Hall–Kier alpha value is -3.42. The van der Waals surface area contributed by atoms with Crippen LogP contribution in [0.15, 0.2) is 34.9 Å². The summed E-state index contributed by atoms with van der Waals surface area (Å²) in [4.78, 5) is 19.5. The number of carbonyl (C=O) groups is 1. The van der Waals surface area contributed by atoms with Gasteiger partial charge in [-0.2, -0.15) is 5.10 Å². The van der Waals surface area contributed by atoms with Crippen molar-refractivity contribution in [2.75, 3.05) is 5.32 Å². The highest BCUT2D eigenvalue weighted by molar-refractivity contribution is 5.91. The Balaban J connectivity index is 1.56. The maximum Gasteiger partial charge on any atom is 0.304 e. The van der Waals surface area contributed by atoms with Crippen molar-refractivity contribution in [3.05, 3.63) is 47.6 Å². The maximum absolute atomic E-state index is 11.1. The number of amides is 1. The molecule has 0 aliphatic rings. The standard InChI is InChI=1S/C16H14N6O2/c1-8-11-4-9(7-19-15(11)22-21-8)6-18-10-2-3-13-12(5-10)20-16(24-13)14(17)23/h2-5,7,18H,6H2,1H3,(H2,17,23)(H,19,21,22). The van der Waals surface area contributed by atoms with Crippen LogP contribution in [0.4, 0.5) is 5.69 Å². The van der Waals surface area contributed by atoms with Gasteiger partial charge in [0.2, 0.25) is 0 Å². The van der Waals surface area contributed by atoms with Gasteiger partial charge < -0.3 is 15.5 Å². The third-order valence-electron chi connectivity index (χ3n) is 3.75. The quantitative estimate of drug-likeness (QED) is 0.529. The number of anilines is 1. The molecule has 24 heavy (non-hydrogen) atoms. The van der Waals surface area contributed by atoms with Crippen molar-refractivity contribution in [2.45, 2.75) is 13.5 Å². The number of fused-ring (bicyclic) bond motifs is 2. The van der Waals surface area contributed by atoms with Crippen LogP contribution in [0.3, 0.4) is 0 Å². The minimum Gasteiger partial charge on any atom is -0.432 e. The molecule has 8 nitrogen and oxygen atoms in total. The molecule has 1 amide bonds. The second-order valence-corrected chi connectivity index (χ2v) is 5.48. The second-order valence-electron chi connectivity index (χ2n) is 5.48. The highest BCUT2D eigenvalue weighted by Crippen LogP contribution is 2.21. The molecule has 8 heteroatoms. The number of H-pyrrole nitrogens is 1. The van der Waals surface area contributed by atoms with Crippen LogP contribution < -0.4 is 11.1 Å². The number of aryl methyl sites for hydroxylation is 1. The fourth-order valence-electron chi connectivity index (χ4n) is 2.51. The monoisotopic (exact) mass is 322 g/mol. The van der Waals surface area contributed by atoms with Crippen LogP contribution >= 0.6 is 0 Å². The molecule has 3 heterocycles. The number of hydrogen-bond donors (Lipinski definition) is 3. The molecule has 0 atom stereocenters. The molecule has 0 aliphatic carbocycles. The van der Waals surface area contributed by atoms with Gasteiger partial charge in [-0.1, -0.05) is 0 Å². The van der Waals surface area contributed by atoms with Crippen LogP contribution in [0, 0.1) is 6.92 Å². The number of aromatic amines is 1. The highest BCUT2D eigenvalue weighted by atomic mass is 16.4. The molecule has 0 spiro atoms. The van der Waals surface area contributed by atoms with Gasteiger partial charge in [0.05, 0.1) is 0 Å². The number of benzene rings is 1. The van der Waals surface area contributed by atoms with Gasteiger partial charge in [0.25, 0.3) is 5.89 Å². The van der Waals surface area contributed by atoms with Crippen LogP contribution in [0.1, 0.15) is 21.9 Å². The number of nitrogens with one attached hydrogen (secondary N) is 2. The lowest BCUT2D eigenvalue weighted by molar-refractivity contribution is 0.0969. The van der Waals surface area contributed by atoms with E-state index in [2.05, 4.69) is 25.5 Å². The maximum atomic E-state index is 11.1. The molecular weight excluding hydrogens is 308 g/mol. The van der Waals surface area contributed by atoms with Gasteiger partial charge in [0, 0.05) is 29.5 Å². The Bertz CT molecular complexity index is 1060. The summed E-state index contributed by atoms with van der Waals surface area (Å²) < 4.78 is 5.27. The van der Waals surface area contributed by atoms with Gasteiger partial charge >= 0.3 is 5.91 Å². The molecule has 0 saturated heterocycles. The minimum absolute atomic E-state index is 0.0905. The van der Waals surface area contributed by atoms with E-state index >= 15 is 0 Å². The van der Waals surface area contributed by atoms with Gasteiger partial charge in [-0.25, -0.2) is 9.97 Å². The first-order chi connectivity index (χ1) is 11.6. The van der Waals surface area contributed by atoms with Crippen molar-refractivity contribution in [2.24, 2.45) is 5.73 Å². The molecule has 4 rings (SSSR count). The average Bonchev–Trinajstić information content (AvgIpc) is 3.16. The van der Waals surface area contributed by atoms with Crippen molar-refractivity contribution in [3.63, 3.8) is 0 Å². The molecule has 4 aromatic rings. The molecule has 0 fully saturated rings. The van der Waals surface area contributed by atoms with E-state index in [0.717, 1.165) is 22.3 Å². The molecule has 0 saturated carbocycles. The minimum atomic E-state index is -0.685. The highest BCUT2D eigenvalue weighted by Gasteiger charge is 2.11. The summed E-state index contributed by atoms with van der Waals surface area (Å²) in [7, 11) is 0. The van der Waals surface area contributed by atoms with Crippen molar-refractivity contribution >= 4 is 33.7 Å². The number of nitrogens with two attached hydrogens (primary N) is 1. The van der Waals surface area contributed by atoms with E-state index in [1.165, 1.54) is 0 Å². The SMILES string of the molecule is Cc1[nH]nc2ncc(CNc3ccc4oc(C(N)=O)nc4c3)cc12. The first kappa shape index (κ1) is 14.2. The van der Waals surface area contributed by atoms with Gasteiger partial charge in [-0.3, -0.25) is 9.89 Å². The first-order valence-corrected chi connectivity index (χ1v) is 7.34. The number of primary amides is 1. The van der Waals surface area contributed by atoms with Crippen LogP contribution in [0.25, 0.3) is 22.1 Å². The van der Waals surface area contributed by atoms with Crippen molar-refractivity contribution in [3.8, 4) is 0 Å². The Morgan fingerprint density at radius 2 is 2.25 bits per heavy atom. The van der Waals surface area contributed by atoms with E-state index in [-0.39, 0.29) is 5.89 Å². The summed E-state index contributed by atoms with van der Waals surface area (Å²) in [5, 5.41) is 11.3. The Kier molecular flexibility index (Phi) is 3.16. The van der Waals surface area contributed by atoms with E-state index in [4.69, 9.17) is 10.2 Å². The largest absolute Gasteiger partial charge is 0.432 e. The lowest BCUT2D eigenvalue weighted by Gasteiger charge is -2.06. The number of aromatic nitrogens is 4. The van der Waals surface area contributed by atoms with E-state index in [1.54, 1.807) is 18.3 Å². The van der Waals surface area contributed by atoms with Gasteiger partial charge in [-0.05, 0) is 36.8 Å². The molecule has 1 aromatic carbocycles. The van der Waals surface area contributed by atoms with Gasteiger partial charge in [0.1, 0.15) is 5.52 Å². The predicted octanol–water partition coefficient (Wildman–Crippen LogP) is 2.12. The van der Waals surface area contributed by atoms with Crippen LogP contribution in [-0.2, 0) is 6.54 Å².